The maximum absolute atomic E-state index is 13.4. The third kappa shape index (κ3) is 4.50. The molecular formula is C31H35N5O5. The number of methoxy groups -OCH3 is 1. The number of imide groups is 1. The molecule has 2 fully saturated rings. The van der Waals surface area contributed by atoms with Gasteiger partial charge >= 0.3 is 0 Å². The maximum Gasteiger partial charge on any atom is 0.259 e. The van der Waals surface area contributed by atoms with Crippen molar-refractivity contribution >= 4 is 40.1 Å². The number of rotatable bonds is 6. The second kappa shape index (κ2) is 9.80. The highest BCUT2D eigenvalue weighted by atomic mass is 16.5. The molecule has 1 N–H and O–H groups in total. The van der Waals surface area contributed by atoms with Gasteiger partial charge < -0.3 is 9.64 Å². The fourth-order valence-corrected chi connectivity index (χ4v) is 6.31. The Balaban J connectivity index is 1.22. The van der Waals surface area contributed by atoms with Crippen molar-refractivity contribution in [1.29, 1.82) is 0 Å². The van der Waals surface area contributed by atoms with Gasteiger partial charge in [0, 0.05) is 50.2 Å². The van der Waals surface area contributed by atoms with Crippen LogP contribution in [0.15, 0.2) is 42.7 Å². The lowest BCUT2D eigenvalue weighted by atomic mass is 9.89. The zero-order chi connectivity index (χ0) is 29.1. The lowest BCUT2D eigenvalue weighted by molar-refractivity contribution is -0.153. The monoisotopic (exact) mass is 557 g/mol. The van der Waals surface area contributed by atoms with E-state index in [9.17, 15) is 19.2 Å². The molecule has 1 aromatic heterocycles. The number of hydrogen-bond acceptors (Lipinski definition) is 6. The Morgan fingerprint density at radius 3 is 2.61 bits per heavy atom. The van der Waals surface area contributed by atoms with E-state index in [2.05, 4.69) is 18.4 Å². The molecule has 2 saturated heterocycles. The van der Waals surface area contributed by atoms with E-state index in [4.69, 9.17) is 9.84 Å². The fraction of sp³-hybridized carbons (Fsp3) is 0.452. The number of nitrogens with one attached hydrogen (secondary N) is 1. The average Bonchev–Trinajstić information content (AvgIpc) is 3.54. The molecule has 0 saturated carbocycles. The van der Waals surface area contributed by atoms with Crippen molar-refractivity contribution in [2.75, 3.05) is 25.1 Å². The number of ether oxygens (including phenoxy) is 1. The van der Waals surface area contributed by atoms with Gasteiger partial charge in [-0.2, -0.15) is 5.10 Å². The van der Waals surface area contributed by atoms with Crippen molar-refractivity contribution in [2.45, 2.75) is 70.1 Å². The normalized spacial score (nSPS) is 20.6. The lowest BCUT2D eigenvalue weighted by Crippen LogP contribution is -2.53. The summed E-state index contributed by atoms with van der Waals surface area (Å²) < 4.78 is 7.42. The molecule has 1 atom stereocenters. The van der Waals surface area contributed by atoms with Crippen molar-refractivity contribution in [1.82, 2.24) is 20.0 Å². The number of hydrogen-bond donors (Lipinski definition) is 1. The SMILES string of the molecule is COC(C)(C)C(=O)N1CCC(C)(n2cc(Cc3ccc4c5c(cccc35)C(=O)N4C3CCC(=O)NC3=O)cn2)CC1. The van der Waals surface area contributed by atoms with Gasteiger partial charge in [0.1, 0.15) is 11.6 Å². The number of amides is 4. The van der Waals surface area contributed by atoms with Crippen LogP contribution >= 0.6 is 0 Å². The van der Waals surface area contributed by atoms with E-state index >= 15 is 0 Å². The predicted octanol–water partition coefficient (Wildman–Crippen LogP) is 3.16. The van der Waals surface area contributed by atoms with Crippen LogP contribution in [0.5, 0.6) is 0 Å². The van der Waals surface area contributed by atoms with Crippen LogP contribution in [0.1, 0.15) is 67.9 Å². The fourth-order valence-electron chi connectivity index (χ4n) is 6.31. The summed E-state index contributed by atoms with van der Waals surface area (Å²) in [5.74, 6) is -0.945. The van der Waals surface area contributed by atoms with Crippen LogP contribution in [-0.4, -0.2) is 70.2 Å². The second-order valence-electron chi connectivity index (χ2n) is 12.1. The van der Waals surface area contributed by atoms with Gasteiger partial charge in [-0.3, -0.25) is 34.1 Å². The number of aromatic nitrogens is 2. The van der Waals surface area contributed by atoms with Crippen LogP contribution in [0.4, 0.5) is 5.69 Å². The number of anilines is 1. The van der Waals surface area contributed by atoms with Crippen molar-refractivity contribution in [3.8, 4) is 0 Å². The molecule has 10 heteroatoms. The van der Waals surface area contributed by atoms with Gasteiger partial charge in [-0.15, -0.1) is 0 Å². The third-order valence-electron chi connectivity index (χ3n) is 9.08. The van der Waals surface area contributed by atoms with E-state index < -0.39 is 17.6 Å². The number of piperidine rings is 2. The molecule has 1 unspecified atom stereocenters. The summed E-state index contributed by atoms with van der Waals surface area (Å²) in [6.45, 7) is 7.06. The first-order valence-electron chi connectivity index (χ1n) is 14.1. The molecule has 3 aromatic rings. The molecule has 10 nitrogen and oxygen atoms in total. The van der Waals surface area contributed by atoms with Crippen molar-refractivity contribution < 1.29 is 23.9 Å². The molecule has 0 bridgehead atoms. The van der Waals surface area contributed by atoms with Crippen molar-refractivity contribution in [3.05, 3.63) is 59.4 Å². The van der Waals surface area contributed by atoms with Crippen LogP contribution in [0, 0.1) is 0 Å². The van der Waals surface area contributed by atoms with Gasteiger partial charge in [0.25, 0.3) is 11.8 Å². The highest BCUT2D eigenvalue weighted by molar-refractivity contribution is 6.27. The van der Waals surface area contributed by atoms with Gasteiger partial charge in [0.15, 0.2) is 0 Å². The van der Waals surface area contributed by atoms with Crippen LogP contribution in [0.3, 0.4) is 0 Å². The predicted molar refractivity (Wildman–Crippen MR) is 153 cm³/mol. The highest BCUT2D eigenvalue weighted by Gasteiger charge is 2.41. The molecule has 0 radical (unpaired) electrons. The minimum atomic E-state index is -0.838. The topological polar surface area (TPSA) is 114 Å². The smallest absolute Gasteiger partial charge is 0.259 e. The summed E-state index contributed by atoms with van der Waals surface area (Å²) in [5, 5.41) is 8.91. The Morgan fingerprint density at radius 1 is 1.15 bits per heavy atom. The summed E-state index contributed by atoms with van der Waals surface area (Å²) in [6, 6.07) is 8.91. The lowest BCUT2D eigenvalue weighted by Gasteiger charge is -2.41. The standard InChI is InChI=1S/C31H35N5O5/c1-30(2,41-4)29(40)34-14-12-31(3,13-15-34)35-18-19(17-32-35)16-20-8-9-23-26-21(20)6-5-7-22(26)28(39)36(23)24-10-11-25(37)33-27(24)38/h5-9,17-18,24H,10-16H2,1-4H3,(H,33,37,38). The zero-order valence-electron chi connectivity index (χ0n) is 23.9. The first-order valence-corrected chi connectivity index (χ1v) is 14.1. The van der Waals surface area contributed by atoms with Crippen molar-refractivity contribution in [2.24, 2.45) is 0 Å². The van der Waals surface area contributed by atoms with Gasteiger partial charge in [-0.25, -0.2) is 0 Å². The highest BCUT2D eigenvalue weighted by Crippen LogP contribution is 2.41. The van der Waals surface area contributed by atoms with Gasteiger partial charge in [-0.05, 0) is 68.7 Å². The summed E-state index contributed by atoms with van der Waals surface area (Å²) in [6.07, 6.45) is 6.71. The third-order valence-corrected chi connectivity index (χ3v) is 9.08. The van der Waals surface area contributed by atoms with Gasteiger partial charge in [-0.1, -0.05) is 18.2 Å². The number of carbonyl (C=O) groups excluding carboxylic acids is 4. The quantitative estimate of drug-likeness (QED) is 0.466. The van der Waals surface area contributed by atoms with Gasteiger partial charge in [0.2, 0.25) is 11.8 Å². The molecular weight excluding hydrogens is 522 g/mol. The number of likely N-dealkylation sites (tertiary alicyclic amines) is 1. The Morgan fingerprint density at radius 2 is 1.90 bits per heavy atom. The molecule has 41 heavy (non-hydrogen) atoms. The summed E-state index contributed by atoms with van der Waals surface area (Å²) in [4.78, 5) is 54.0. The second-order valence-corrected chi connectivity index (χ2v) is 12.1. The molecule has 4 heterocycles. The molecule has 214 valence electrons. The molecule has 0 spiro atoms. The Labute approximate surface area is 238 Å². The Hall–Kier alpha value is -4.05. The van der Waals surface area contributed by atoms with Crippen LogP contribution < -0.4 is 10.2 Å². The average molecular weight is 558 g/mol. The summed E-state index contributed by atoms with van der Waals surface area (Å²) >= 11 is 0. The molecule has 4 amide bonds. The summed E-state index contributed by atoms with van der Waals surface area (Å²) in [7, 11) is 1.56. The van der Waals surface area contributed by atoms with Crippen molar-refractivity contribution in [3.63, 3.8) is 0 Å². The molecule has 3 aliphatic heterocycles. The molecule has 6 rings (SSSR count). The van der Waals surface area contributed by atoms with E-state index in [0.29, 0.717) is 37.2 Å². The van der Waals surface area contributed by atoms with E-state index in [1.54, 1.807) is 31.9 Å². The Bertz CT molecular complexity index is 1580. The van der Waals surface area contributed by atoms with E-state index in [1.165, 1.54) is 0 Å². The minimum absolute atomic E-state index is 0.00455. The van der Waals surface area contributed by atoms with Crippen LogP contribution in [0.25, 0.3) is 10.8 Å². The van der Waals surface area contributed by atoms with Gasteiger partial charge in [0.05, 0.1) is 17.4 Å². The van der Waals surface area contributed by atoms with E-state index in [1.807, 2.05) is 40.0 Å². The van der Waals surface area contributed by atoms with E-state index in [0.717, 1.165) is 34.7 Å². The van der Waals surface area contributed by atoms with Crippen LogP contribution in [0.2, 0.25) is 0 Å². The molecule has 2 aromatic carbocycles. The van der Waals surface area contributed by atoms with E-state index in [-0.39, 0.29) is 29.7 Å². The number of carbonyl (C=O) groups is 4. The molecule has 0 aliphatic carbocycles. The zero-order valence-corrected chi connectivity index (χ0v) is 23.9. The van der Waals surface area contributed by atoms with Crippen LogP contribution in [-0.2, 0) is 31.1 Å². The maximum atomic E-state index is 13.4. The molecule has 3 aliphatic rings. The first kappa shape index (κ1) is 27.1. The first-order chi connectivity index (χ1) is 19.5. The summed E-state index contributed by atoms with van der Waals surface area (Å²) in [5.41, 5.74) is 2.36. The largest absolute Gasteiger partial charge is 0.369 e. The number of nitrogens with zero attached hydrogens (tertiary/aromatic N) is 4. The Kier molecular flexibility index (Phi) is 6.48. The minimum Gasteiger partial charge on any atom is -0.369 e. The number of benzene rings is 2.